The maximum atomic E-state index is 12.5. The Bertz CT molecular complexity index is 802. The highest BCUT2D eigenvalue weighted by atomic mass is 32.2. The average molecular weight is 405 g/mol. The Labute approximate surface area is 168 Å². The molecule has 1 heterocycles. The van der Waals surface area contributed by atoms with E-state index in [-0.39, 0.29) is 11.0 Å². The lowest BCUT2D eigenvalue weighted by Crippen LogP contribution is -2.35. The van der Waals surface area contributed by atoms with Gasteiger partial charge in [0.05, 0.1) is 17.6 Å². The Morgan fingerprint density at radius 2 is 2.00 bits per heavy atom. The highest BCUT2D eigenvalue weighted by Crippen LogP contribution is 2.34. The molecule has 0 radical (unpaired) electrons. The quantitative estimate of drug-likeness (QED) is 0.352. The van der Waals surface area contributed by atoms with Gasteiger partial charge in [0.2, 0.25) is 0 Å². The third-order valence-electron chi connectivity index (χ3n) is 3.45. The van der Waals surface area contributed by atoms with Crippen LogP contribution < -0.4 is 9.47 Å². The number of amides is 2. The molecule has 1 aliphatic rings. The van der Waals surface area contributed by atoms with Crippen LogP contribution in [-0.2, 0) is 14.3 Å². The van der Waals surface area contributed by atoms with E-state index in [0.717, 1.165) is 16.7 Å². The molecule has 0 atom stereocenters. The van der Waals surface area contributed by atoms with Crippen molar-refractivity contribution in [2.45, 2.75) is 26.9 Å². The van der Waals surface area contributed by atoms with Gasteiger partial charge in [0.15, 0.2) is 11.5 Å². The molecule has 150 valence electrons. The van der Waals surface area contributed by atoms with Gasteiger partial charge in [-0.3, -0.25) is 19.3 Å². The minimum absolute atomic E-state index is 0.226. The van der Waals surface area contributed by atoms with Crippen molar-refractivity contribution >= 4 is 35.0 Å². The SMILES string of the molecule is C=CCOc1ccc(/C=C2/SC(=O)N(CC(=O)OC(C)C)C2=O)cc1OCC. The van der Waals surface area contributed by atoms with Crippen molar-refractivity contribution < 1.29 is 28.6 Å². The minimum atomic E-state index is -0.624. The highest BCUT2D eigenvalue weighted by molar-refractivity contribution is 8.18. The highest BCUT2D eigenvalue weighted by Gasteiger charge is 2.36. The Balaban J connectivity index is 2.19. The number of benzene rings is 1. The summed E-state index contributed by atoms with van der Waals surface area (Å²) in [6.45, 7) is 9.24. The van der Waals surface area contributed by atoms with E-state index in [4.69, 9.17) is 14.2 Å². The lowest BCUT2D eigenvalue weighted by atomic mass is 10.2. The molecule has 0 spiro atoms. The first-order valence-electron chi connectivity index (χ1n) is 8.81. The second-order valence-corrected chi connectivity index (χ2v) is 7.04. The standard InChI is InChI=1S/C20H23NO6S/c1-5-9-26-15-8-7-14(10-16(15)25-6-2)11-17-19(23)21(20(24)28-17)12-18(22)27-13(3)4/h5,7-8,10-11,13H,1,6,9,12H2,2-4H3/b17-11+. The summed E-state index contributed by atoms with van der Waals surface area (Å²) >= 11 is 0.780. The van der Waals surface area contributed by atoms with Crippen LogP contribution in [0.3, 0.4) is 0 Å². The van der Waals surface area contributed by atoms with Gasteiger partial charge in [0.1, 0.15) is 13.2 Å². The fourth-order valence-electron chi connectivity index (χ4n) is 2.37. The number of hydrogen-bond donors (Lipinski definition) is 0. The summed E-state index contributed by atoms with van der Waals surface area (Å²) in [5.41, 5.74) is 0.671. The van der Waals surface area contributed by atoms with Gasteiger partial charge in [-0.1, -0.05) is 18.7 Å². The molecule has 28 heavy (non-hydrogen) atoms. The third-order valence-corrected chi connectivity index (χ3v) is 4.36. The van der Waals surface area contributed by atoms with E-state index < -0.39 is 23.7 Å². The smallest absolute Gasteiger partial charge is 0.326 e. The Kier molecular flexibility index (Phi) is 7.69. The van der Waals surface area contributed by atoms with Crippen LogP contribution in [0.5, 0.6) is 11.5 Å². The first-order valence-corrected chi connectivity index (χ1v) is 9.62. The maximum absolute atomic E-state index is 12.5. The zero-order valence-electron chi connectivity index (χ0n) is 16.1. The largest absolute Gasteiger partial charge is 0.490 e. The van der Waals surface area contributed by atoms with Crippen molar-refractivity contribution in [1.82, 2.24) is 4.90 Å². The van der Waals surface area contributed by atoms with Crippen LogP contribution in [0.2, 0.25) is 0 Å². The third kappa shape index (κ3) is 5.63. The molecule has 8 heteroatoms. The molecule has 0 N–H and O–H groups in total. The number of thioether (sulfide) groups is 1. The van der Waals surface area contributed by atoms with E-state index in [1.165, 1.54) is 0 Å². The average Bonchev–Trinajstić information content (AvgIpc) is 2.88. The van der Waals surface area contributed by atoms with Crippen LogP contribution in [0.4, 0.5) is 4.79 Å². The number of rotatable bonds is 9. The number of nitrogens with zero attached hydrogens (tertiary/aromatic N) is 1. The lowest BCUT2D eigenvalue weighted by Gasteiger charge is -2.13. The summed E-state index contributed by atoms with van der Waals surface area (Å²) in [4.78, 5) is 37.5. The minimum Gasteiger partial charge on any atom is -0.490 e. The molecular weight excluding hydrogens is 382 g/mol. The second-order valence-electron chi connectivity index (χ2n) is 6.05. The van der Waals surface area contributed by atoms with Crippen molar-refractivity contribution in [2.75, 3.05) is 19.8 Å². The van der Waals surface area contributed by atoms with Crippen LogP contribution >= 0.6 is 11.8 Å². The van der Waals surface area contributed by atoms with E-state index in [1.807, 2.05) is 6.92 Å². The van der Waals surface area contributed by atoms with Gasteiger partial charge >= 0.3 is 5.97 Å². The van der Waals surface area contributed by atoms with Crippen LogP contribution in [0.1, 0.15) is 26.3 Å². The van der Waals surface area contributed by atoms with Gasteiger partial charge in [0, 0.05) is 0 Å². The number of imide groups is 1. The predicted octanol–water partition coefficient (Wildman–Crippen LogP) is 3.64. The van der Waals surface area contributed by atoms with Gasteiger partial charge in [0.25, 0.3) is 11.1 Å². The summed E-state index contributed by atoms with van der Waals surface area (Å²) in [6.07, 6.45) is 2.89. The molecule has 1 aromatic carbocycles. The molecule has 7 nitrogen and oxygen atoms in total. The van der Waals surface area contributed by atoms with E-state index in [1.54, 1.807) is 44.2 Å². The summed E-state index contributed by atoms with van der Waals surface area (Å²) in [5.74, 6) is -0.0668. The van der Waals surface area contributed by atoms with E-state index in [9.17, 15) is 14.4 Å². The Morgan fingerprint density at radius 3 is 2.64 bits per heavy atom. The molecule has 0 aliphatic carbocycles. The van der Waals surface area contributed by atoms with Crippen LogP contribution in [0, 0.1) is 0 Å². The molecular formula is C20H23NO6S. The molecule has 2 amide bonds. The molecule has 1 aromatic rings. The number of esters is 1. The number of carbonyl (C=O) groups excluding carboxylic acids is 3. The fourth-order valence-corrected chi connectivity index (χ4v) is 3.21. The van der Waals surface area contributed by atoms with E-state index >= 15 is 0 Å². The molecule has 0 unspecified atom stereocenters. The number of carbonyl (C=O) groups is 3. The monoisotopic (exact) mass is 405 g/mol. The molecule has 0 saturated carbocycles. The predicted molar refractivity (Wildman–Crippen MR) is 107 cm³/mol. The summed E-state index contributed by atoms with van der Waals surface area (Å²) in [7, 11) is 0. The summed E-state index contributed by atoms with van der Waals surface area (Å²) in [5, 5.41) is -0.507. The van der Waals surface area contributed by atoms with E-state index in [2.05, 4.69) is 6.58 Å². The van der Waals surface area contributed by atoms with Gasteiger partial charge in [-0.05, 0) is 56.3 Å². The molecule has 1 saturated heterocycles. The molecule has 1 aliphatic heterocycles. The first kappa shape index (κ1) is 21.6. The normalized spacial score (nSPS) is 15.3. The van der Waals surface area contributed by atoms with Crippen molar-refractivity contribution in [1.29, 1.82) is 0 Å². The van der Waals surface area contributed by atoms with Crippen molar-refractivity contribution in [2.24, 2.45) is 0 Å². The van der Waals surface area contributed by atoms with Crippen LogP contribution in [-0.4, -0.2) is 47.9 Å². The number of ether oxygens (including phenoxy) is 3. The molecule has 1 fully saturated rings. The lowest BCUT2D eigenvalue weighted by molar-refractivity contribution is -0.149. The Morgan fingerprint density at radius 1 is 1.25 bits per heavy atom. The fraction of sp³-hybridized carbons (Fsp3) is 0.350. The van der Waals surface area contributed by atoms with Crippen molar-refractivity contribution in [3.63, 3.8) is 0 Å². The van der Waals surface area contributed by atoms with Crippen molar-refractivity contribution in [3.8, 4) is 11.5 Å². The summed E-state index contributed by atoms with van der Waals surface area (Å²) < 4.78 is 16.1. The van der Waals surface area contributed by atoms with E-state index in [0.29, 0.717) is 30.3 Å². The van der Waals surface area contributed by atoms with Crippen molar-refractivity contribution in [3.05, 3.63) is 41.3 Å². The zero-order valence-corrected chi connectivity index (χ0v) is 16.9. The molecule has 0 aromatic heterocycles. The van der Waals surface area contributed by atoms with Gasteiger partial charge in [-0.15, -0.1) is 0 Å². The molecule has 2 rings (SSSR count). The Hall–Kier alpha value is -2.74. The topological polar surface area (TPSA) is 82.1 Å². The van der Waals surface area contributed by atoms with Crippen LogP contribution in [0.15, 0.2) is 35.8 Å². The second kappa shape index (κ2) is 9.98. The molecule has 0 bridgehead atoms. The van der Waals surface area contributed by atoms with Gasteiger partial charge < -0.3 is 14.2 Å². The van der Waals surface area contributed by atoms with Gasteiger partial charge in [-0.25, -0.2) is 0 Å². The summed E-state index contributed by atoms with van der Waals surface area (Å²) in [6, 6.07) is 5.20. The maximum Gasteiger partial charge on any atom is 0.326 e. The zero-order chi connectivity index (χ0) is 20.7. The van der Waals surface area contributed by atoms with Crippen LogP contribution in [0.25, 0.3) is 6.08 Å². The first-order chi connectivity index (χ1) is 13.3. The van der Waals surface area contributed by atoms with Gasteiger partial charge in [-0.2, -0.15) is 0 Å². The number of hydrogen-bond acceptors (Lipinski definition) is 7.